The number of carbonyl (C=O) groups excluding carboxylic acids is 1. The van der Waals surface area contributed by atoms with E-state index in [9.17, 15) is 4.79 Å². The first-order valence-electron chi connectivity index (χ1n) is 4.88. The molecule has 1 saturated heterocycles. The molecule has 1 aliphatic heterocycles. The van der Waals surface area contributed by atoms with Crippen LogP contribution in [0.2, 0.25) is 0 Å². The van der Waals surface area contributed by atoms with Crippen molar-refractivity contribution in [2.45, 2.75) is 12.5 Å². The van der Waals surface area contributed by atoms with Crippen LogP contribution in [0.4, 0.5) is 0 Å². The van der Waals surface area contributed by atoms with Gasteiger partial charge in [-0.25, -0.2) is 0 Å². The maximum atomic E-state index is 11.1. The van der Waals surface area contributed by atoms with E-state index in [1.807, 2.05) is 18.2 Å². The highest BCUT2D eigenvalue weighted by Gasteiger charge is 2.17. The van der Waals surface area contributed by atoms with E-state index in [0.29, 0.717) is 6.54 Å². The number of hydrogen-bond acceptors (Lipinski definition) is 2. The molecule has 0 saturated carbocycles. The number of nitrogens with one attached hydrogen (secondary N) is 2. The average Bonchev–Trinajstić information content (AvgIpc) is 2.19. The van der Waals surface area contributed by atoms with Crippen molar-refractivity contribution in [1.82, 2.24) is 10.6 Å². The zero-order valence-electron chi connectivity index (χ0n) is 7.99. The third kappa shape index (κ3) is 2.33. The Labute approximate surface area is 83.5 Å². The van der Waals surface area contributed by atoms with Gasteiger partial charge in [0.05, 0.1) is 6.54 Å². The summed E-state index contributed by atoms with van der Waals surface area (Å²) < 4.78 is 0. The van der Waals surface area contributed by atoms with Crippen LogP contribution in [0.25, 0.3) is 0 Å². The summed E-state index contributed by atoms with van der Waals surface area (Å²) in [6.07, 6.45) is 0.902. The SMILES string of the molecule is O=C1CNCC(Cc2ccccc2)N1. The molecule has 1 amide bonds. The van der Waals surface area contributed by atoms with Crippen molar-refractivity contribution in [2.24, 2.45) is 0 Å². The van der Waals surface area contributed by atoms with Gasteiger partial charge in [0, 0.05) is 12.6 Å². The lowest BCUT2D eigenvalue weighted by Gasteiger charge is -2.24. The van der Waals surface area contributed by atoms with Crippen molar-refractivity contribution in [2.75, 3.05) is 13.1 Å². The predicted octanol–water partition coefficient (Wildman–Crippen LogP) is 0.317. The van der Waals surface area contributed by atoms with E-state index < -0.39 is 0 Å². The fourth-order valence-corrected chi connectivity index (χ4v) is 1.71. The van der Waals surface area contributed by atoms with Crippen LogP contribution in [0, 0.1) is 0 Å². The molecule has 0 radical (unpaired) electrons. The highest BCUT2D eigenvalue weighted by molar-refractivity contribution is 5.79. The van der Waals surface area contributed by atoms with Crippen molar-refractivity contribution < 1.29 is 4.79 Å². The van der Waals surface area contributed by atoms with Crippen molar-refractivity contribution in [3.63, 3.8) is 0 Å². The van der Waals surface area contributed by atoms with Crippen LogP contribution >= 0.6 is 0 Å². The van der Waals surface area contributed by atoms with Crippen molar-refractivity contribution in [3.8, 4) is 0 Å². The van der Waals surface area contributed by atoms with E-state index in [-0.39, 0.29) is 11.9 Å². The van der Waals surface area contributed by atoms with Crippen LogP contribution < -0.4 is 10.6 Å². The first-order chi connectivity index (χ1) is 6.84. The molecule has 3 heteroatoms. The number of rotatable bonds is 2. The number of hydrogen-bond donors (Lipinski definition) is 2. The number of piperazine rings is 1. The molecule has 0 aliphatic carbocycles. The van der Waals surface area contributed by atoms with Gasteiger partial charge in [0.25, 0.3) is 0 Å². The highest BCUT2D eigenvalue weighted by atomic mass is 16.2. The molecule has 1 aliphatic rings. The van der Waals surface area contributed by atoms with E-state index in [2.05, 4.69) is 22.8 Å². The fraction of sp³-hybridized carbons (Fsp3) is 0.364. The average molecular weight is 190 g/mol. The van der Waals surface area contributed by atoms with E-state index >= 15 is 0 Å². The molecule has 1 heterocycles. The van der Waals surface area contributed by atoms with Gasteiger partial charge in [-0.15, -0.1) is 0 Å². The predicted molar refractivity (Wildman–Crippen MR) is 54.9 cm³/mol. The van der Waals surface area contributed by atoms with Gasteiger partial charge in [0.2, 0.25) is 5.91 Å². The molecule has 0 aromatic heterocycles. The molecule has 0 spiro atoms. The van der Waals surface area contributed by atoms with Gasteiger partial charge >= 0.3 is 0 Å². The molecular formula is C11H14N2O. The molecule has 1 fully saturated rings. The number of benzene rings is 1. The maximum absolute atomic E-state index is 11.1. The lowest BCUT2D eigenvalue weighted by molar-refractivity contribution is -0.122. The Morgan fingerprint density at radius 2 is 2.07 bits per heavy atom. The van der Waals surface area contributed by atoms with E-state index in [4.69, 9.17) is 0 Å². The third-order valence-corrected chi connectivity index (χ3v) is 2.37. The summed E-state index contributed by atoms with van der Waals surface area (Å²) in [6.45, 7) is 1.31. The Morgan fingerprint density at radius 1 is 1.29 bits per heavy atom. The fourth-order valence-electron chi connectivity index (χ4n) is 1.71. The van der Waals surface area contributed by atoms with Crippen LogP contribution in [0.3, 0.4) is 0 Å². The summed E-state index contributed by atoms with van der Waals surface area (Å²) in [5.74, 6) is 0.0946. The largest absolute Gasteiger partial charge is 0.351 e. The molecule has 1 aromatic rings. The molecule has 2 rings (SSSR count). The van der Waals surface area contributed by atoms with Gasteiger partial charge < -0.3 is 10.6 Å². The molecule has 74 valence electrons. The first kappa shape index (κ1) is 9.21. The quantitative estimate of drug-likeness (QED) is 0.705. The smallest absolute Gasteiger partial charge is 0.234 e. The zero-order valence-corrected chi connectivity index (χ0v) is 7.99. The monoisotopic (exact) mass is 190 g/mol. The second-order valence-electron chi connectivity index (χ2n) is 3.59. The Kier molecular flexibility index (Phi) is 2.79. The van der Waals surface area contributed by atoms with Crippen molar-refractivity contribution in [1.29, 1.82) is 0 Å². The normalized spacial score (nSPS) is 21.7. The van der Waals surface area contributed by atoms with Gasteiger partial charge in [-0.05, 0) is 12.0 Å². The van der Waals surface area contributed by atoms with Gasteiger partial charge in [-0.2, -0.15) is 0 Å². The van der Waals surface area contributed by atoms with Gasteiger partial charge in [0.15, 0.2) is 0 Å². The van der Waals surface area contributed by atoms with Crippen molar-refractivity contribution in [3.05, 3.63) is 35.9 Å². The number of amides is 1. The van der Waals surface area contributed by atoms with Gasteiger partial charge in [-0.3, -0.25) is 4.79 Å². The second-order valence-corrected chi connectivity index (χ2v) is 3.59. The second kappa shape index (κ2) is 4.24. The molecule has 1 atom stereocenters. The first-order valence-corrected chi connectivity index (χ1v) is 4.88. The lowest BCUT2D eigenvalue weighted by atomic mass is 10.0. The summed E-state index contributed by atoms with van der Waals surface area (Å²) in [6, 6.07) is 10.4. The lowest BCUT2D eigenvalue weighted by Crippen LogP contribution is -2.52. The Balaban J connectivity index is 1.94. The summed E-state index contributed by atoms with van der Waals surface area (Å²) in [5, 5.41) is 6.06. The summed E-state index contributed by atoms with van der Waals surface area (Å²) >= 11 is 0. The van der Waals surface area contributed by atoms with Crippen molar-refractivity contribution >= 4 is 5.91 Å². The molecule has 14 heavy (non-hydrogen) atoms. The van der Waals surface area contributed by atoms with Crippen LogP contribution in [-0.4, -0.2) is 25.0 Å². The van der Waals surface area contributed by atoms with Crippen LogP contribution in [0.1, 0.15) is 5.56 Å². The van der Waals surface area contributed by atoms with E-state index in [1.54, 1.807) is 0 Å². The summed E-state index contributed by atoms with van der Waals surface area (Å²) in [5.41, 5.74) is 1.27. The molecule has 2 N–H and O–H groups in total. The van der Waals surface area contributed by atoms with Crippen LogP contribution in [0.15, 0.2) is 30.3 Å². The number of carbonyl (C=O) groups is 1. The molecule has 1 aromatic carbocycles. The van der Waals surface area contributed by atoms with E-state index in [1.165, 1.54) is 5.56 Å². The van der Waals surface area contributed by atoms with Gasteiger partial charge in [0.1, 0.15) is 0 Å². The van der Waals surface area contributed by atoms with Gasteiger partial charge in [-0.1, -0.05) is 30.3 Å². The minimum absolute atomic E-state index is 0.0946. The molecule has 3 nitrogen and oxygen atoms in total. The van der Waals surface area contributed by atoms with E-state index in [0.717, 1.165) is 13.0 Å². The molecule has 0 bridgehead atoms. The Hall–Kier alpha value is -1.35. The third-order valence-electron chi connectivity index (χ3n) is 2.37. The molecule has 1 unspecified atom stereocenters. The Bertz CT molecular complexity index is 310. The zero-order chi connectivity index (χ0) is 9.80. The molecular weight excluding hydrogens is 176 g/mol. The topological polar surface area (TPSA) is 41.1 Å². The summed E-state index contributed by atoms with van der Waals surface area (Å²) in [4.78, 5) is 11.1. The minimum Gasteiger partial charge on any atom is -0.351 e. The highest BCUT2D eigenvalue weighted by Crippen LogP contribution is 2.03. The Morgan fingerprint density at radius 3 is 2.79 bits per heavy atom. The minimum atomic E-state index is 0.0946. The van der Waals surface area contributed by atoms with Crippen LogP contribution in [0.5, 0.6) is 0 Å². The standard InChI is InChI=1S/C11H14N2O/c14-11-8-12-7-10(13-11)6-9-4-2-1-3-5-9/h1-5,10,12H,6-8H2,(H,13,14). The van der Waals surface area contributed by atoms with Crippen LogP contribution in [-0.2, 0) is 11.2 Å². The summed E-state index contributed by atoms with van der Waals surface area (Å²) in [7, 11) is 0. The maximum Gasteiger partial charge on any atom is 0.234 e.